The summed E-state index contributed by atoms with van der Waals surface area (Å²) in [4.78, 5) is 23.1. The maximum Gasteiger partial charge on any atom is 0.228 e. The molecule has 0 unspecified atom stereocenters. The molecule has 0 aromatic rings. The molecule has 1 rings (SSSR count). The zero-order valence-corrected chi connectivity index (χ0v) is 14.3. The number of β-lactam (4-membered cyclic amide) rings is 1. The maximum atomic E-state index is 12.0. The first-order valence-corrected chi connectivity index (χ1v) is 9.76. The van der Waals surface area contributed by atoms with Crippen molar-refractivity contribution in [3.8, 4) is 0 Å². The Labute approximate surface area is 118 Å². The van der Waals surface area contributed by atoms with Crippen molar-refractivity contribution in [3.05, 3.63) is 0 Å². The largest absolute Gasteiger partial charge is 0.414 e. The van der Waals surface area contributed by atoms with E-state index in [0.717, 1.165) is 6.29 Å². The van der Waals surface area contributed by atoms with Crippen LogP contribution in [-0.4, -0.2) is 32.9 Å². The SMILES string of the molecule is C[C@@H](C=O)[C@H]1NC(=O)[C@@H]1[C@@](C)(O[SiH](C)C)C(C)(C)C. The van der Waals surface area contributed by atoms with E-state index >= 15 is 0 Å². The van der Waals surface area contributed by atoms with Gasteiger partial charge in [0.25, 0.3) is 0 Å². The molecule has 4 nitrogen and oxygen atoms in total. The van der Waals surface area contributed by atoms with Gasteiger partial charge in [-0.3, -0.25) is 4.79 Å². The summed E-state index contributed by atoms with van der Waals surface area (Å²) in [6.45, 7) is 14.4. The minimum atomic E-state index is -1.29. The van der Waals surface area contributed by atoms with Gasteiger partial charge in [0.05, 0.1) is 17.6 Å². The van der Waals surface area contributed by atoms with Crippen molar-refractivity contribution in [2.75, 3.05) is 0 Å². The van der Waals surface area contributed by atoms with Crippen LogP contribution in [0.4, 0.5) is 0 Å². The van der Waals surface area contributed by atoms with Gasteiger partial charge in [-0.15, -0.1) is 0 Å². The number of carbonyl (C=O) groups excluding carboxylic acids is 2. The molecule has 4 atom stereocenters. The molecular weight excluding hydrogens is 258 g/mol. The Kier molecular flexibility index (Phi) is 4.62. The molecule has 1 amide bonds. The van der Waals surface area contributed by atoms with Gasteiger partial charge >= 0.3 is 0 Å². The van der Waals surface area contributed by atoms with Crippen LogP contribution in [0.15, 0.2) is 0 Å². The number of hydrogen-bond acceptors (Lipinski definition) is 3. The summed E-state index contributed by atoms with van der Waals surface area (Å²) in [6, 6.07) is -0.109. The summed E-state index contributed by atoms with van der Waals surface area (Å²) in [7, 11) is -1.29. The molecule has 1 aliphatic heterocycles. The van der Waals surface area contributed by atoms with E-state index in [1.165, 1.54) is 0 Å². The minimum Gasteiger partial charge on any atom is -0.414 e. The molecule has 0 bridgehead atoms. The molecule has 1 heterocycles. The Morgan fingerprint density at radius 1 is 1.32 bits per heavy atom. The Balaban J connectivity index is 3.10. The molecule has 0 aliphatic carbocycles. The third kappa shape index (κ3) is 2.92. The normalized spacial score (nSPS) is 28.3. The summed E-state index contributed by atoms with van der Waals surface area (Å²) in [6.07, 6.45) is 0.910. The second-order valence-electron chi connectivity index (χ2n) is 7.03. The Morgan fingerprint density at radius 3 is 2.16 bits per heavy atom. The highest BCUT2D eigenvalue weighted by molar-refractivity contribution is 6.48. The topological polar surface area (TPSA) is 55.4 Å². The van der Waals surface area contributed by atoms with Crippen LogP contribution in [0.3, 0.4) is 0 Å². The van der Waals surface area contributed by atoms with E-state index in [9.17, 15) is 9.59 Å². The van der Waals surface area contributed by atoms with Crippen molar-refractivity contribution in [1.82, 2.24) is 5.32 Å². The first-order valence-electron chi connectivity index (χ1n) is 6.98. The van der Waals surface area contributed by atoms with E-state index in [2.05, 4.69) is 39.2 Å². The van der Waals surface area contributed by atoms with Gasteiger partial charge in [-0.05, 0) is 25.4 Å². The third-order valence-electron chi connectivity index (χ3n) is 4.29. The average Bonchev–Trinajstić information content (AvgIpc) is 2.21. The van der Waals surface area contributed by atoms with Gasteiger partial charge in [0.1, 0.15) is 6.29 Å². The van der Waals surface area contributed by atoms with Gasteiger partial charge in [-0.1, -0.05) is 27.7 Å². The number of nitrogens with one attached hydrogen (secondary N) is 1. The fraction of sp³-hybridized carbons (Fsp3) is 0.857. The maximum absolute atomic E-state index is 12.0. The lowest BCUT2D eigenvalue weighted by Crippen LogP contribution is -2.72. The number of rotatable bonds is 5. The number of carbonyl (C=O) groups is 2. The predicted octanol–water partition coefficient (Wildman–Crippen LogP) is 1.74. The highest BCUT2D eigenvalue weighted by Gasteiger charge is 2.58. The van der Waals surface area contributed by atoms with E-state index in [1.54, 1.807) is 0 Å². The van der Waals surface area contributed by atoms with Crippen LogP contribution < -0.4 is 5.32 Å². The first-order chi connectivity index (χ1) is 8.54. The molecule has 0 aromatic heterocycles. The molecule has 0 radical (unpaired) electrons. The molecule has 1 aliphatic rings. The van der Waals surface area contributed by atoms with Gasteiger partial charge in [-0.2, -0.15) is 0 Å². The first kappa shape index (κ1) is 16.4. The van der Waals surface area contributed by atoms with Crippen LogP contribution in [0, 0.1) is 17.3 Å². The lowest BCUT2D eigenvalue weighted by molar-refractivity contribution is -0.162. The van der Waals surface area contributed by atoms with Crippen molar-refractivity contribution in [3.63, 3.8) is 0 Å². The highest BCUT2D eigenvalue weighted by atomic mass is 28.3. The van der Waals surface area contributed by atoms with Crippen LogP contribution in [0.5, 0.6) is 0 Å². The molecule has 1 N–H and O–H groups in total. The summed E-state index contributed by atoms with van der Waals surface area (Å²) in [5.74, 6) is -0.421. The summed E-state index contributed by atoms with van der Waals surface area (Å²) in [5.41, 5.74) is -0.689. The summed E-state index contributed by atoms with van der Waals surface area (Å²) < 4.78 is 6.26. The molecule has 1 saturated heterocycles. The predicted molar refractivity (Wildman–Crippen MR) is 78.5 cm³/mol. The highest BCUT2D eigenvalue weighted by Crippen LogP contribution is 2.45. The Hall–Kier alpha value is -0.683. The van der Waals surface area contributed by atoms with Crippen LogP contribution >= 0.6 is 0 Å². The van der Waals surface area contributed by atoms with Crippen molar-refractivity contribution < 1.29 is 14.0 Å². The number of amides is 1. The van der Waals surface area contributed by atoms with Crippen LogP contribution in [-0.2, 0) is 14.0 Å². The monoisotopic (exact) mass is 285 g/mol. The second-order valence-corrected chi connectivity index (χ2v) is 9.36. The van der Waals surface area contributed by atoms with E-state index in [1.807, 2.05) is 13.8 Å². The molecule has 19 heavy (non-hydrogen) atoms. The number of aldehydes is 1. The molecule has 110 valence electrons. The fourth-order valence-electron chi connectivity index (χ4n) is 2.72. The standard InChI is InChI=1S/C14H27NO3Si/c1-9(8-16)11-10(12(17)15-11)14(5,13(2,3)4)18-19(6)7/h8-11,19H,1-7H3,(H,15,17)/t9-,10+,11+,14+/m0/s1. The zero-order valence-electron chi connectivity index (χ0n) is 13.1. The third-order valence-corrected chi connectivity index (χ3v) is 5.26. The second kappa shape index (κ2) is 5.36. The molecule has 0 spiro atoms. The molecule has 0 aromatic carbocycles. The van der Waals surface area contributed by atoms with Gasteiger partial charge in [-0.25, -0.2) is 0 Å². The zero-order chi connectivity index (χ0) is 15.0. The Bertz CT molecular complexity index is 364. The van der Waals surface area contributed by atoms with E-state index in [4.69, 9.17) is 4.43 Å². The summed E-state index contributed by atoms with van der Waals surface area (Å²) in [5, 5.41) is 2.86. The quantitative estimate of drug-likeness (QED) is 0.475. The van der Waals surface area contributed by atoms with Crippen LogP contribution in [0.1, 0.15) is 34.6 Å². The van der Waals surface area contributed by atoms with Gasteiger partial charge < -0.3 is 14.5 Å². The lowest BCUT2D eigenvalue weighted by Gasteiger charge is -2.55. The number of hydrogen-bond donors (Lipinski definition) is 1. The van der Waals surface area contributed by atoms with Crippen molar-refractivity contribution >= 4 is 21.2 Å². The van der Waals surface area contributed by atoms with Crippen molar-refractivity contribution in [2.24, 2.45) is 17.3 Å². The van der Waals surface area contributed by atoms with Crippen LogP contribution in [0.2, 0.25) is 13.1 Å². The molecule has 5 heteroatoms. The Morgan fingerprint density at radius 2 is 1.84 bits per heavy atom. The van der Waals surface area contributed by atoms with Crippen LogP contribution in [0.25, 0.3) is 0 Å². The minimum absolute atomic E-state index is 0.00535. The lowest BCUT2D eigenvalue weighted by atomic mass is 9.62. The van der Waals surface area contributed by atoms with E-state index in [-0.39, 0.29) is 29.2 Å². The smallest absolute Gasteiger partial charge is 0.228 e. The molecule has 0 saturated carbocycles. The van der Waals surface area contributed by atoms with Gasteiger partial charge in [0.15, 0.2) is 9.04 Å². The average molecular weight is 285 g/mol. The van der Waals surface area contributed by atoms with Crippen molar-refractivity contribution in [1.29, 1.82) is 0 Å². The van der Waals surface area contributed by atoms with E-state index < -0.39 is 14.6 Å². The van der Waals surface area contributed by atoms with Gasteiger partial charge in [0, 0.05) is 5.92 Å². The van der Waals surface area contributed by atoms with Crippen molar-refractivity contribution in [2.45, 2.75) is 59.4 Å². The molecular formula is C14H27NO3Si. The molecule has 1 fully saturated rings. The van der Waals surface area contributed by atoms with Gasteiger partial charge in [0.2, 0.25) is 5.91 Å². The fourth-order valence-corrected chi connectivity index (χ4v) is 4.20. The van der Waals surface area contributed by atoms with E-state index in [0.29, 0.717) is 0 Å². The summed E-state index contributed by atoms with van der Waals surface area (Å²) >= 11 is 0.